The molecule has 0 radical (unpaired) electrons. The Morgan fingerprint density at radius 2 is 2.09 bits per heavy atom. The average molecular weight is 454 g/mol. The fourth-order valence-electron chi connectivity index (χ4n) is 6.03. The summed E-state index contributed by atoms with van der Waals surface area (Å²) in [6, 6.07) is 6.15. The van der Waals surface area contributed by atoms with Gasteiger partial charge in [0, 0.05) is 19.1 Å². The molecule has 5 aliphatic rings. The minimum atomic E-state index is -0.800. The fraction of sp³-hybridized carbons (Fsp3) is 0.625. The molecule has 5 heterocycles. The van der Waals surface area contributed by atoms with E-state index < -0.39 is 5.60 Å². The van der Waals surface area contributed by atoms with E-state index in [1.807, 2.05) is 29.1 Å². The number of hydrogen-bond donors (Lipinski definition) is 2. The summed E-state index contributed by atoms with van der Waals surface area (Å²) in [6.45, 7) is 3.31. The highest BCUT2D eigenvalue weighted by Crippen LogP contribution is 2.39. The van der Waals surface area contributed by atoms with Crippen molar-refractivity contribution in [2.24, 2.45) is 11.8 Å². The summed E-state index contributed by atoms with van der Waals surface area (Å²) >= 11 is 0. The molecular weight excluding hydrogens is 422 g/mol. The van der Waals surface area contributed by atoms with E-state index in [-0.39, 0.29) is 18.6 Å². The molecule has 9 nitrogen and oxygen atoms in total. The van der Waals surface area contributed by atoms with Gasteiger partial charge in [0.15, 0.2) is 11.5 Å². The van der Waals surface area contributed by atoms with Gasteiger partial charge in [-0.15, -0.1) is 5.10 Å². The van der Waals surface area contributed by atoms with Crippen LogP contribution >= 0.6 is 0 Å². The van der Waals surface area contributed by atoms with Gasteiger partial charge in [0.25, 0.3) is 0 Å². The van der Waals surface area contributed by atoms with Gasteiger partial charge < -0.3 is 19.9 Å². The zero-order chi connectivity index (χ0) is 22.4. The predicted octanol–water partition coefficient (Wildman–Crippen LogP) is 1.80. The van der Waals surface area contributed by atoms with Gasteiger partial charge in [0.2, 0.25) is 12.7 Å². The Hall–Kier alpha value is -2.65. The van der Waals surface area contributed by atoms with Crippen LogP contribution in [0.2, 0.25) is 0 Å². The standard InChI is InChI=1S/C24H31N5O4/c30-23(25-11-16-3-4-20-21(9-16)33-15-32-20)19-13-28-8-5-17(19)10-18(28)12-29-14-22(26-27-29)24(31)6-1-2-7-24/h3-4,9,14,17-19,31H,1-2,5-8,10-13,15H2,(H,25,30). The molecule has 0 spiro atoms. The molecule has 9 heteroatoms. The Morgan fingerprint density at radius 1 is 1.24 bits per heavy atom. The number of carbonyl (C=O) groups is 1. The van der Waals surface area contributed by atoms with Crippen molar-refractivity contribution in [1.29, 1.82) is 0 Å². The third-order valence-corrected chi connectivity index (χ3v) is 7.96. The lowest BCUT2D eigenvalue weighted by molar-refractivity contribution is -0.133. The Kier molecular flexibility index (Phi) is 5.25. The molecule has 2 aromatic rings. The topological polar surface area (TPSA) is 102 Å². The molecule has 4 aliphatic heterocycles. The second-order valence-electron chi connectivity index (χ2n) is 10.0. The number of ether oxygens (including phenoxy) is 2. The van der Waals surface area contributed by atoms with E-state index in [2.05, 4.69) is 20.5 Å². The molecule has 4 unspecified atom stereocenters. The average Bonchev–Trinajstić information content (AvgIpc) is 3.59. The van der Waals surface area contributed by atoms with Crippen molar-refractivity contribution < 1.29 is 19.4 Å². The SMILES string of the molecule is O=C(NCc1ccc2c(c1)OCO2)C1CN2CCC1CC2Cn1cc(C2(O)CCCC2)nn1. The molecule has 1 saturated carbocycles. The fourth-order valence-corrected chi connectivity index (χ4v) is 6.03. The Morgan fingerprint density at radius 3 is 2.91 bits per heavy atom. The zero-order valence-electron chi connectivity index (χ0n) is 18.8. The predicted molar refractivity (Wildman–Crippen MR) is 118 cm³/mol. The van der Waals surface area contributed by atoms with Gasteiger partial charge in [-0.25, -0.2) is 0 Å². The summed E-state index contributed by atoms with van der Waals surface area (Å²) in [7, 11) is 0. The minimum absolute atomic E-state index is 0.0227. The van der Waals surface area contributed by atoms with Crippen LogP contribution in [0.4, 0.5) is 0 Å². The number of fused-ring (bicyclic) bond motifs is 4. The monoisotopic (exact) mass is 453 g/mol. The van der Waals surface area contributed by atoms with Crippen molar-refractivity contribution in [3.05, 3.63) is 35.7 Å². The highest BCUT2D eigenvalue weighted by atomic mass is 16.7. The number of amides is 1. The van der Waals surface area contributed by atoms with Crippen molar-refractivity contribution in [2.75, 3.05) is 19.9 Å². The number of benzene rings is 1. The number of aromatic nitrogens is 3. The number of hydrogen-bond acceptors (Lipinski definition) is 7. The first-order valence-electron chi connectivity index (χ1n) is 12.1. The maximum Gasteiger partial charge on any atom is 0.231 e. The van der Waals surface area contributed by atoms with Crippen LogP contribution in [-0.4, -0.2) is 56.8 Å². The third kappa shape index (κ3) is 3.97. The summed E-state index contributed by atoms with van der Waals surface area (Å²) in [4.78, 5) is 15.4. The maximum atomic E-state index is 13.0. The van der Waals surface area contributed by atoms with Crippen molar-refractivity contribution in [3.63, 3.8) is 0 Å². The van der Waals surface area contributed by atoms with E-state index in [0.29, 0.717) is 24.2 Å². The molecule has 1 aromatic heterocycles. The lowest BCUT2D eigenvalue weighted by Gasteiger charge is -2.49. The second-order valence-corrected chi connectivity index (χ2v) is 10.0. The van der Waals surface area contributed by atoms with Crippen LogP contribution < -0.4 is 14.8 Å². The van der Waals surface area contributed by atoms with Gasteiger partial charge in [0.1, 0.15) is 11.3 Å². The van der Waals surface area contributed by atoms with Crippen LogP contribution in [0.3, 0.4) is 0 Å². The van der Waals surface area contributed by atoms with Gasteiger partial charge in [-0.1, -0.05) is 24.1 Å². The van der Waals surface area contributed by atoms with Crippen LogP contribution in [0.25, 0.3) is 0 Å². The first-order valence-corrected chi connectivity index (χ1v) is 12.1. The first-order chi connectivity index (χ1) is 16.1. The molecule has 33 heavy (non-hydrogen) atoms. The van der Waals surface area contributed by atoms with Crippen LogP contribution in [0, 0.1) is 11.8 Å². The Labute approximate surface area is 193 Å². The van der Waals surface area contributed by atoms with Gasteiger partial charge in [-0.2, -0.15) is 0 Å². The molecular formula is C24H31N5O4. The molecule has 1 aromatic carbocycles. The zero-order valence-corrected chi connectivity index (χ0v) is 18.8. The molecule has 176 valence electrons. The van der Waals surface area contributed by atoms with E-state index in [1.165, 1.54) is 0 Å². The summed E-state index contributed by atoms with van der Waals surface area (Å²) in [5.41, 5.74) is 0.917. The van der Waals surface area contributed by atoms with Crippen LogP contribution in [0.15, 0.2) is 24.4 Å². The number of carbonyl (C=O) groups excluding carboxylic acids is 1. The summed E-state index contributed by atoms with van der Waals surface area (Å²) in [5.74, 6) is 2.04. The van der Waals surface area contributed by atoms with E-state index >= 15 is 0 Å². The molecule has 7 rings (SSSR count). The summed E-state index contributed by atoms with van der Waals surface area (Å²) in [5, 5.41) is 22.5. The highest BCUT2D eigenvalue weighted by Gasteiger charge is 2.43. The minimum Gasteiger partial charge on any atom is -0.454 e. The van der Waals surface area contributed by atoms with E-state index in [4.69, 9.17) is 9.47 Å². The summed E-state index contributed by atoms with van der Waals surface area (Å²) < 4.78 is 12.7. The Balaban J connectivity index is 1.05. The highest BCUT2D eigenvalue weighted by molar-refractivity contribution is 5.79. The maximum absolute atomic E-state index is 13.0. The number of aliphatic hydroxyl groups is 1. The molecule has 3 saturated heterocycles. The number of rotatable bonds is 6. The second kappa shape index (κ2) is 8.29. The van der Waals surface area contributed by atoms with Crippen molar-refractivity contribution >= 4 is 5.91 Å². The largest absolute Gasteiger partial charge is 0.454 e. The van der Waals surface area contributed by atoms with Gasteiger partial charge in [-0.3, -0.25) is 14.4 Å². The van der Waals surface area contributed by atoms with E-state index in [9.17, 15) is 9.90 Å². The van der Waals surface area contributed by atoms with Crippen molar-refractivity contribution in [3.8, 4) is 11.5 Å². The van der Waals surface area contributed by atoms with Gasteiger partial charge in [0.05, 0.1) is 18.7 Å². The number of nitrogens with one attached hydrogen (secondary N) is 1. The van der Waals surface area contributed by atoms with Crippen molar-refractivity contribution in [2.45, 2.75) is 63.3 Å². The first kappa shape index (κ1) is 20.9. The van der Waals surface area contributed by atoms with Crippen LogP contribution in [0.5, 0.6) is 11.5 Å². The smallest absolute Gasteiger partial charge is 0.231 e. The van der Waals surface area contributed by atoms with Crippen LogP contribution in [-0.2, 0) is 23.5 Å². The summed E-state index contributed by atoms with van der Waals surface area (Å²) in [6.07, 6.45) is 7.59. The number of piperidine rings is 3. The van der Waals surface area contributed by atoms with E-state index in [0.717, 1.165) is 75.2 Å². The quantitative estimate of drug-likeness (QED) is 0.688. The molecule has 1 aliphatic carbocycles. The van der Waals surface area contributed by atoms with Gasteiger partial charge in [-0.05, 0) is 55.8 Å². The normalized spacial score (nSPS) is 29.4. The molecule has 4 fully saturated rings. The number of nitrogens with zero attached hydrogens (tertiary/aromatic N) is 4. The van der Waals surface area contributed by atoms with E-state index in [1.54, 1.807) is 0 Å². The molecule has 4 atom stereocenters. The van der Waals surface area contributed by atoms with Crippen molar-refractivity contribution in [1.82, 2.24) is 25.2 Å². The van der Waals surface area contributed by atoms with Gasteiger partial charge >= 0.3 is 0 Å². The molecule has 1 amide bonds. The lowest BCUT2D eigenvalue weighted by atomic mass is 9.75. The molecule has 2 N–H and O–H groups in total. The Bertz CT molecular complexity index is 1030. The lowest BCUT2D eigenvalue weighted by Crippen LogP contribution is -2.58. The van der Waals surface area contributed by atoms with Crippen LogP contribution in [0.1, 0.15) is 49.8 Å². The molecule has 2 bridgehead atoms. The third-order valence-electron chi connectivity index (χ3n) is 7.96.